The smallest absolute Gasteiger partial charge is 0.216 e. The van der Waals surface area contributed by atoms with Crippen molar-refractivity contribution in [3.05, 3.63) is 71.3 Å². The van der Waals surface area contributed by atoms with Crippen LogP contribution < -0.4 is 10.6 Å². The number of fused-ring (bicyclic) bond motifs is 1. The molecule has 32 heavy (non-hydrogen) atoms. The van der Waals surface area contributed by atoms with Gasteiger partial charge in [0.15, 0.2) is 5.82 Å². The minimum atomic E-state index is -0.223. The van der Waals surface area contributed by atoms with Crippen molar-refractivity contribution in [3.8, 4) is 11.5 Å². The van der Waals surface area contributed by atoms with Crippen LogP contribution in [-0.4, -0.2) is 45.4 Å². The minimum absolute atomic E-state index is 0.0294. The number of hydrogen-bond acceptors (Lipinski definition) is 6. The fourth-order valence-corrected chi connectivity index (χ4v) is 3.77. The van der Waals surface area contributed by atoms with Gasteiger partial charge in [-0.05, 0) is 36.2 Å². The number of amides is 1. The highest BCUT2D eigenvalue weighted by atomic mass is 19.1. The Bertz CT molecular complexity index is 1060. The van der Waals surface area contributed by atoms with Gasteiger partial charge in [0.05, 0.1) is 5.69 Å². The quantitative estimate of drug-likeness (QED) is 0.530. The summed E-state index contributed by atoms with van der Waals surface area (Å²) < 4.78 is 13.2. The zero-order chi connectivity index (χ0) is 22.3. The number of carbonyl (C=O) groups excluding carboxylic acids is 1. The summed E-state index contributed by atoms with van der Waals surface area (Å²) in [6.45, 7) is 5.13. The lowest BCUT2D eigenvalue weighted by molar-refractivity contribution is -0.118. The number of rotatable bonds is 8. The number of aromatic nitrogens is 3. The van der Waals surface area contributed by atoms with Crippen molar-refractivity contribution in [1.82, 2.24) is 25.2 Å². The van der Waals surface area contributed by atoms with Gasteiger partial charge >= 0.3 is 0 Å². The normalized spacial score (nSPS) is 13.4. The Morgan fingerprint density at radius 3 is 2.72 bits per heavy atom. The molecule has 1 aromatic carbocycles. The van der Waals surface area contributed by atoms with Gasteiger partial charge in [0.1, 0.15) is 17.3 Å². The monoisotopic (exact) mass is 434 g/mol. The predicted octanol–water partition coefficient (Wildman–Crippen LogP) is 3.17. The van der Waals surface area contributed by atoms with Crippen LogP contribution in [0.5, 0.6) is 0 Å². The van der Waals surface area contributed by atoms with Crippen molar-refractivity contribution < 1.29 is 9.18 Å². The molecule has 0 radical (unpaired) electrons. The summed E-state index contributed by atoms with van der Waals surface area (Å²) in [5.41, 5.74) is 3.92. The van der Waals surface area contributed by atoms with Gasteiger partial charge in [0.2, 0.25) is 5.91 Å². The summed E-state index contributed by atoms with van der Waals surface area (Å²) in [6.07, 6.45) is 3.33. The molecule has 7 nitrogen and oxygen atoms in total. The van der Waals surface area contributed by atoms with Crippen LogP contribution in [0, 0.1) is 5.82 Å². The Morgan fingerprint density at radius 1 is 1.12 bits per heavy atom. The van der Waals surface area contributed by atoms with Crippen LogP contribution in [0.2, 0.25) is 0 Å². The summed E-state index contributed by atoms with van der Waals surface area (Å²) >= 11 is 0. The van der Waals surface area contributed by atoms with Crippen molar-refractivity contribution in [2.75, 3.05) is 25.0 Å². The van der Waals surface area contributed by atoms with E-state index < -0.39 is 0 Å². The number of halogens is 1. The summed E-state index contributed by atoms with van der Waals surface area (Å²) in [5.74, 6) is 1.17. The minimum Gasteiger partial charge on any atom is -0.370 e. The molecule has 0 bridgehead atoms. The highest BCUT2D eigenvalue weighted by molar-refractivity contribution is 5.72. The van der Waals surface area contributed by atoms with E-state index in [4.69, 9.17) is 9.97 Å². The van der Waals surface area contributed by atoms with Crippen LogP contribution >= 0.6 is 0 Å². The number of anilines is 1. The fourth-order valence-electron chi connectivity index (χ4n) is 3.77. The molecule has 4 rings (SSSR count). The van der Waals surface area contributed by atoms with Gasteiger partial charge < -0.3 is 10.6 Å². The average molecular weight is 435 g/mol. The second-order valence-electron chi connectivity index (χ2n) is 7.89. The zero-order valence-electron chi connectivity index (χ0n) is 18.1. The van der Waals surface area contributed by atoms with E-state index in [1.807, 2.05) is 30.3 Å². The van der Waals surface area contributed by atoms with Gasteiger partial charge in [-0.2, -0.15) is 0 Å². The Labute approximate surface area is 187 Å². The average Bonchev–Trinajstić information content (AvgIpc) is 2.80. The Morgan fingerprint density at radius 2 is 1.97 bits per heavy atom. The molecule has 0 aliphatic carbocycles. The lowest BCUT2D eigenvalue weighted by Gasteiger charge is -2.29. The van der Waals surface area contributed by atoms with E-state index in [-0.39, 0.29) is 11.7 Å². The highest BCUT2D eigenvalue weighted by Gasteiger charge is 2.23. The molecule has 166 valence electrons. The van der Waals surface area contributed by atoms with Gasteiger partial charge in [0, 0.05) is 57.8 Å². The molecule has 3 aromatic rings. The van der Waals surface area contributed by atoms with E-state index in [1.165, 1.54) is 19.1 Å². The van der Waals surface area contributed by atoms with Crippen molar-refractivity contribution in [2.24, 2.45) is 0 Å². The molecule has 3 heterocycles. The van der Waals surface area contributed by atoms with Crippen molar-refractivity contribution >= 4 is 11.7 Å². The first-order valence-electron chi connectivity index (χ1n) is 10.8. The number of carbonyl (C=O) groups is 1. The van der Waals surface area contributed by atoms with Crippen LogP contribution in [-0.2, 0) is 24.3 Å². The van der Waals surface area contributed by atoms with Crippen molar-refractivity contribution in [2.45, 2.75) is 32.9 Å². The fraction of sp³-hybridized carbons (Fsp3) is 0.333. The third kappa shape index (κ3) is 5.64. The van der Waals surface area contributed by atoms with E-state index in [9.17, 15) is 9.18 Å². The Balaban J connectivity index is 1.53. The molecular weight excluding hydrogens is 407 g/mol. The first kappa shape index (κ1) is 21.8. The van der Waals surface area contributed by atoms with Gasteiger partial charge in [-0.3, -0.25) is 14.7 Å². The molecule has 0 spiro atoms. The van der Waals surface area contributed by atoms with Crippen LogP contribution in [0.25, 0.3) is 11.5 Å². The second kappa shape index (κ2) is 10.3. The van der Waals surface area contributed by atoms with E-state index in [0.717, 1.165) is 54.3 Å². The van der Waals surface area contributed by atoms with Gasteiger partial charge in [-0.25, -0.2) is 14.4 Å². The molecule has 0 unspecified atom stereocenters. The second-order valence-corrected chi connectivity index (χ2v) is 7.89. The van der Waals surface area contributed by atoms with Gasteiger partial charge in [-0.15, -0.1) is 0 Å². The summed E-state index contributed by atoms with van der Waals surface area (Å²) in [7, 11) is 0. The molecule has 0 fully saturated rings. The SMILES string of the molecule is CC(=O)NCCCNc1nc(-c2ccccn2)nc2c1CN(Cc1ccc(F)cc1)CC2. The summed E-state index contributed by atoms with van der Waals surface area (Å²) in [4.78, 5) is 27.4. The van der Waals surface area contributed by atoms with Crippen molar-refractivity contribution in [3.63, 3.8) is 0 Å². The first-order chi connectivity index (χ1) is 15.6. The van der Waals surface area contributed by atoms with E-state index in [2.05, 4.69) is 20.5 Å². The third-order valence-corrected chi connectivity index (χ3v) is 5.37. The number of nitrogens with zero attached hydrogens (tertiary/aromatic N) is 4. The van der Waals surface area contributed by atoms with Crippen LogP contribution in [0.1, 0.15) is 30.2 Å². The number of hydrogen-bond donors (Lipinski definition) is 2. The molecule has 2 N–H and O–H groups in total. The number of benzene rings is 1. The van der Waals surface area contributed by atoms with Gasteiger partial charge in [-0.1, -0.05) is 18.2 Å². The molecule has 0 atom stereocenters. The lowest BCUT2D eigenvalue weighted by atomic mass is 10.0. The Hall–Kier alpha value is -3.39. The summed E-state index contributed by atoms with van der Waals surface area (Å²) in [5, 5.41) is 6.26. The maximum absolute atomic E-state index is 13.2. The van der Waals surface area contributed by atoms with Crippen LogP contribution in [0.3, 0.4) is 0 Å². The maximum Gasteiger partial charge on any atom is 0.216 e. The van der Waals surface area contributed by atoms with E-state index in [0.29, 0.717) is 25.5 Å². The molecule has 1 aliphatic heterocycles. The maximum atomic E-state index is 13.2. The highest BCUT2D eigenvalue weighted by Crippen LogP contribution is 2.27. The van der Waals surface area contributed by atoms with Gasteiger partial charge in [0.25, 0.3) is 0 Å². The molecule has 0 saturated carbocycles. The van der Waals surface area contributed by atoms with Crippen LogP contribution in [0.4, 0.5) is 10.2 Å². The zero-order valence-corrected chi connectivity index (χ0v) is 18.1. The number of nitrogens with one attached hydrogen (secondary N) is 2. The van der Waals surface area contributed by atoms with E-state index >= 15 is 0 Å². The standard InChI is InChI=1S/C24H27FN6O/c1-17(32)26-12-4-13-28-23-20-16-31(15-18-6-8-19(25)9-7-18)14-10-21(20)29-24(30-23)22-5-2-3-11-27-22/h2-3,5-9,11H,4,10,12-16H2,1H3,(H,26,32)(H,28,29,30). The molecule has 8 heteroatoms. The topological polar surface area (TPSA) is 83.0 Å². The Kier molecular flexibility index (Phi) is 7.01. The predicted molar refractivity (Wildman–Crippen MR) is 121 cm³/mol. The third-order valence-electron chi connectivity index (χ3n) is 5.37. The molecular formula is C24H27FN6O. The molecule has 0 saturated heterocycles. The lowest BCUT2D eigenvalue weighted by Crippen LogP contribution is -2.32. The largest absolute Gasteiger partial charge is 0.370 e. The first-order valence-corrected chi connectivity index (χ1v) is 10.8. The molecule has 1 aliphatic rings. The summed E-state index contributed by atoms with van der Waals surface area (Å²) in [6, 6.07) is 12.4. The van der Waals surface area contributed by atoms with E-state index in [1.54, 1.807) is 6.20 Å². The van der Waals surface area contributed by atoms with Crippen LogP contribution in [0.15, 0.2) is 48.7 Å². The molecule has 1 amide bonds. The number of pyridine rings is 1. The van der Waals surface area contributed by atoms with Crippen molar-refractivity contribution in [1.29, 1.82) is 0 Å². The molecule has 2 aromatic heterocycles.